The molecule has 0 bridgehead atoms. The normalized spacial score (nSPS) is 21.4. The van der Waals surface area contributed by atoms with Crippen molar-refractivity contribution in [2.45, 2.75) is 18.4 Å². The molecule has 0 saturated carbocycles. The lowest BCUT2D eigenvalue weighted by Gasteiger charge is -2.26. The number of hydrogen-bond donors (Lipinski definition) is 1. The molecule has 3 aliphatic rings. The second-order valence-electron chi connectivity index (χ2n) is 7.37. The molecule has 5 rings (SSSR count). The van der Waals surface area contributed by atoms with Gasteiger partial charge >= 0.3 is 5.97 Å². The number of hydrogen-bond acceptors (Lipinski definition) is 8. The Morgan fingerprint density at radius 2 is 1.90 bits per heavy atom. The molecule has 158 valence electrons. The van der Waals surface area contributed by atoms with Crippen molar-refractivity contribution < 1.29 is 33.2 Å². The molecular formula is C22H23NO7. The molecule has 2 aromatic rings. The monoisotopic (exact) mass is 413 g/mol. The lowest BCUT2D eigenvalue weighted by atomic mass is 9.84. The first kappa shape index (κ1) is 18.9. The molecule has 8 nitrogen and oxygen atoms in total. The van der Waals surface area contributed by atoms with Crippen molar-refractivity contribution in [3.05, 3.63) is 40.5 Å². The number of rotatable bonds is 4. The van der Waals surface area contributed by atoms with E-state index in [1.165, 1.54) is 7.11 Å². The van der Waals surface area contributed by atoms with Crippen molar-refractivity contribution in [3.63, 3.8) is 0 Å². The molecule has 2 aromatic carbocycles. The van der Waals surface area contributed by atoms with E-state index in [1.807, 2.05) is 12.1 Å². The molecule has 0 spiro atoms. The molecule has 0 amide bonds. The maximum atomic E-state index is 12.9. The van der Waals surface area contributed by atoms with Crippen molar-refractivity contribution in [1.29, 1.82) is 0 Å². The Labute approximate surface area is 174 Å². The highest BCUT2D eigenvalue weighted by atomic mass is 16.7. The van der Waals surface area contributed by atoms with Gasteiger partial charge in [0.25, 0.3) is 0 Å². The SMILES string of the molecule is COc1ccc2c(c1OC)C(=O)OC2C1CNCCc2cc3c(c(OC)c21)OCO3. The number of cyclic esters (lactones) is 1. The highest BCUT2D eigenvalue weighted by Crippen LogP contribution is 2.53. The van der Waals surface area contributed by atoms with Crippen LogP contribution in [0, 0.1) is 0 Å². The number of ether oxygens (including phenoxy) is 6. The largest absolute Gasteiger partial charge is 0.493 e. The molecule has 0 radical (unpaired) electrons. The Hall–Kier alpha value is -3.13. The molecule has 30 heavy (non-hydrogen) atoms. The number of esters is 1. The van der Waals surface area contributed by atoms with Gasteiger partial charge in [0.15, 0.2) is 23.0 Å². The highest BCUT2D eigenvalue weighted by molar-refractivity contribution is 5.98. The third-order valence-electron chi connectivity index (χ3n) is 5.94. The summed E-state index contributed by atoms with van der Waals surface area (Å²) in [6.45, 7) is 1.58. The van der Waals surface area contributed by atoms with Crippen LogP contribution >= 0.6 is 0 Å². The lowest BCUT2D eigenvalue weighted by molar-refractivity contribution is 0.0321. The van der Waals surface area contributed by atoms with Gasteiger partial charge in [0.05, 0.1) is 21.3 Å². The summed E-state index contributed by atoms with van der Waals surface area (Å²) >= 11 is 0. The van der Waals surface area contributed by atoms with Crippen LogP contribution in [0.1, 0.15) is 39.1 Å². The van der Waals surface area contributed by atoms with Gasteiger partial charge in [0.2, 0.25) is 12.5 Å². The minimum atomic E-state index is -0.495. The van der Waals surface area contributed by atoms with Crippen LogP contribution in [0.2, 0.25) is 0 Å². The predicted molar refractivity (Wildman–Crippen MR) is 106 cm³/mol. The zero-order valence-electron chi connectivity index (χ0n) is 17.1. The maximum Gasteiger partial charge on any atom is 0.343 e. The number of nitrogens with one attached hydrogen (secondary N) is 1. The van der Waals surface area contributed by atoms with Crippen molar-refractivity contribution in [2.75, 3.05) is 41.2 Å². The summed E-state index contributed by atoms with van der Waals surface area (Å²) in [5, 5.41) is 3.46. The van der Waals surface area contributed by atoms with Crippen LogP contribution in [0.5, 0.6) is 28.7 Å². The summed E-state index contributed by atoms with van der Waals surface area (Å²) < 4.78 is 33.8. The average molecular weight is 413 g/mol. The summed E-state index contributed by atoms with van der Waals surface area (Å²) in [5.41, 5.74) is 3.26. The quantitative estimate of drug-likeness (QED) is 0.766. The first-order valence-electron chi connectivity index (χ1n) is 9.83. The summed E-state index contributed by atoms with van der Waals surface area (Å²) in [5.74, 6) is 2.21. The van der Waals surface area contributed by atoms with Gasteiger partial charge in [-0.25, -0.2) is 4.79 Å². The molecular weight excluding hydrogens is 390 g/mol. The maximum absolute atomic E-state index is 12.9. The summed E-state index contributed by atoms with van der Waals surface area (Å²) in [6, 6.07) is 5.68. The molecule has 2 unspecified atom stereocenters. The van der Waals surface area contributed by atoms with Gasteiger partial charge in [0, 0.05) is 23.6 Å². The molecule has 0 aromatic heterocycles. The van der Waals surface area contributed by atoms with Gasteiger partial charge in [-0.3, -0.25) is 0 Å². The van der Waals surface area contributed by atoms with Crippen molar-refractivity contribution in [1.82, 2.24) is 5.32 Å². The molecule has 3 heterocycles. The van der Waals surface area contributed by atoms with Gasteiger partial charge in [-0.1, -0.05) is 6.07 Å². The highest BCUT2D eigenvalue weighted by Gasteiger charge is 2.43. The minimum absolute atomic E-state index is 0.162. The zero-order valence-corrected chi connectivity index (χ0v) is 17.1. The number of methoxy groups -OCH3 is 3. The van der Waals surface area contributed by atoms with E-state index < -0.39 is 12.1 Å². The Morgan fingerprint density at radius 1 is 1.07 bits per heavy atom. The van der Waals surface area contributed by atoms with Gasteiger partial charge in [-0.2, -0.15) is 0 Å². The Morgan fingerprint density at radius 3 is 2.67 bits per heavy atom. The molecule has 3 aliphatic heterocycles. The fourth-order valence-corrected chi connectivity index (χ4v) is 4.66. The van der Waals surface area contributed by atoms with E-state index in [-0.39, 0.29) is 12.7 Å². The van der Waals surface area contributed by atoms with Crippen LogP contribution in [0.4, 0.5) is 0 Å². The molecule has 1 N–H and O–H groups in total. The van der Waals surface area contributed by atoms with E-state index >= 15 is 0 Å². The number of fused-ring (bicyclic) bond motifs is 3. The topological polar surface area (TPSA) is 84.5 Å². The Bertz CT molecular complexity index is 1020. The van der Waals surface area contributed by atoms with Crippen LogP contribution in [0.15, 0.2) is 18.2 Å². The van der Waals surface area contributed by atoms with E-state index in [1.54, 1.807) is 20.3 Å². The second kappa shape index (κ2) is 7.28. The van der Waals surface area contributed by atoms with Crippen molar-refractivity contribution in [3.8, 4) is 28.7 Å². The first-order chi connectivity index (χ1) is 14.7. The predicted octanol–water partition coefficient (Wildman–Crippen LogP) is 2.58. The molecule has 2 atom stereocenters. The Kier molecular flexibility index (Phi) is 4.58. The summed E-state index contributed by atoms with van der Waals surface area (Å²) in [7, 11) is 4.68. The smallest absolute Gasteiger partial charge is 0.343 e. The number of benzene rings is 2. The van der Waals surface area contributed by atoms with E-state index in [0.717, 1.165) is 29.7 Å². The van der Waals surface area contributed by atoms with E-state index in [4.69, 9.17) is 28.4 Å². The Balaban J connectivity index is 1.67. The van der Waals surface area contributed by atoms with E-state index in [9.17, 15) is 4.79 Å². The zero-order chi connectivity index (χ0) is 20.8. The third-order valence-corrected chi connectivity index (χ3v) is 5.94. The summed E-state index contributed by atoms with van der Waals surface area (Å²) in [6.07, 6.45) is 0.309. The third kappa shape index (κ3) is 2.67. The molecule has 0 saturated heterocycles. The van der Waals surface area contributed by atoms with Crippen LogP contribution in [-0.2, 0) is 11.2 Å². The molecule has 0 aliphatic carbocycles. The first-order valence-corrected chi connectivity index (χ1v) is 9.83. The van der Waals surface area contributed by atoms with E-state index in [0.29, 0.717) is 40.9 Å². The van der Waals surface area contributed by atoms with Crippen molar-refractivity contribution >= 4 is 5.97 Å². The summed E-state index contributed by atoms with van der Waals surface area (Å²) in [4.78, 5) is 12.9. The van der Waals surface area contributed by atoms with Crippen LogP contribution in [0.3, 0.4) is 0 Å². The standard InChI is InChI=1S/C22H23NO7/c1-25-14-5-4-12-17(19(14)26-2)22(24)30-18(12)13-9-23-7-6-11-8-15-20(29-10-28-15)21(27-3)16(11)13/h4-5,8,13,18,23H,6-7,9-10H2,1-3H3. The minimum Gasteiger partial charge on any atom is -0.493 e. The van der Waals surface area contributed by atoms with Crippen molar-refractivity contribution in [2.24, 2.45) is 0 Å². The molecule has 8 heteroatoms. The van der Waals surface area contributed by atoms with Gasteiger partial charge < -0.3 is 33.7 Å². The van der Waals surface area contributed by atoms with Crippen LogP contribution < -0.4 is 29.0 Å². The van der Waals surface area contributed by atoms with Crippen LogP contribution in [0.25, 0.3) is 0 Å². The lowest BCUT2D eigenvalue weighted by Crippen LogP contribution is -2.25. The molecule has 0 fully saturated rings. The van der Waals surface area contributed by atoms with Gasteiger partial charge in [-0.05, 0) is 30.7 Å². The van der Waals surface area contributed by atoms with Gasteiger partial charge in [-0.15, -0.1) is 0 Å². The van der Waals surface area contributed by atoms with E-state index in [2.05, 4.69) is 5.32 Å². The number of carbonyl (C=O) groups excluding carboxylic acids is 1. The van der Waals surface area contributed by atoms with Gasteiger partial charge in [0.1, 0.15) is 11.7 Å². The fourth-order valence-electron chi connectivity index (χ4n) is 4.66. The average Bonchev–Trinajstić information content (AvgIpc) is 3.30. The second-order valence-corrected chi connectivity index (χ2v) is 7.37. The number of carbonyl (C=O) groups is 1. The van der Waals surface area contributed by atoms with Crippen LogP contribution in [-0.4, -0.2) is 47.2 Å². The fraction of sp³-hybridized carbons (Fsp3) is 0.409.